The molecule has 0 aromatic heterocycles. The summed E-state index contributed by atoms with van der Waals surface area (Å²) in [4.78, 5) is 50.9. The van der Waals surface area contributed by atoms with Crippen molar-refractivity contribution in [3.8, 4) is 0 Å². The van der Waals surface area contributed by atoms with E-state index in [1.54, 1.807) is 18.2 Å². The standard InChI is InChI=1S/C24H34N4O6/c1-24(2,3)34-23(33)26-14-7-5-4-6-13-25-16-10-8-9-15-19(16)22(32)28(21(15)31)17-11-12-18(29)27-20(17)30/h8-10,17-18,25,29H,4-7,11-14H2,1-3H3,(H,26,33)(H,27,30). The highest BCUT2D eigenvalue weighted by molar-refractivity contribution is 6.25. The molecule has 0 radical (unpaired) electrons. The number of unbranched alkanes of at least 4 members (excludes halogenated alkanes) is 3. The number of carbonyl (C=O) groups excluding carboxylic acids is 4. The van der Waals surface area contributed by atoms with Gasteiger partial charge in [0.1, 0.15) is 17.9 Å². The summed E-state index contributed by atoms with van der Waals surface area (Å²) in [5.41, 5.74) is 0.623. The molecule has 10 heteroatoms. The lowest BCUT2D eigenvalue weighted by molar-refractivity contribution is -0.131. The van der Waals surface area contributed by atoms with Crippen molar-refractivity contribution >= 4 is 29.5 Å². The highest BCUT2D eigenvalue weighted by atomic mass is 16.6. The summed E-state index contributed by atoms with van der Waals surface area (Å²) < 4.78 is 5.19. The predicted octanol–water partition coefficient (Wildman–Crippen LogP) is 2.38. The molecule has 1 fully saturated rings. The highest BCUT2D eigenvalue weighted by Crippen LogP contribution is 2.32. The predicted molar refractivity (Wildman–Crippen MR) is 125 cm³/mol. The number of benzene rings is 1. The third kappa shape index (κ3) is 6.25. The summed E-state index contributed by atoms with van der Waals surface area (Å²) in [5.74, 6) is -1.51. The van der Waals surface area contributed by atoms with Gasteiger partial charge in [-0.05, 0) is 58.6 Å². The number of rotatable bonds is 9. The third-order valence-electron chi connectivity index (χ3n) is 5.67. The number of aliphatic hydroxyl groups excluding tert-OH is 1. The summed E-state index contributed by atoms with van der Waals surface area (Å²) in [6.07, 6.45) is 2.68. The molecule has 34 heavy (non-hydrogen) atoms. The van der Waals surface area contributed by atoms with Crippen LogP contribution in [0.1, 0.15) is 80.0 Å². The lowest BCUT2D eigenvalue weighted by Gasteiger charge is -2.31. The molecule has 0 saturated carbocycles. The Balaban J connectivity index is 1.45. The van der Waals surface area contributed by atoms with E-state index in [-0.39, 0.29) is 24.0 Å². The van der Waals surface area contributed by atoms with E-state index in [2.05, 4.69) is 16.0 Å². The fourth-order valence-electron chi connectivity index (χ4n) is 4.09. The second-order valence-corrected chi connectivity index (χ2v) is 9.60. The fraction of sp³-hybridized carbons (Fsp3) is 0.583. The van der Waals surface area contributed by atoms with Crippen LogP contribution in [-0.4, -0.2) is 64.8 Å². The molecule has 4 amide bonds. The first-order valence-electron chi connectivity index (χ1n) is 11.8. The van der Waals surface area contributed by atoms with Gasteiger partial charge in [0.05, 0.1) is 11.1 Å². The Labute approximate surface area is 199 Å². The van der Waals surface area contributed by atoms with Crippen molar-refractivity contribution < 1.29 is 29.0 Å². The molecule has 186 valence electrons. The van der Waals surface area contributed by atoms with Crippen molar-refractivity contribution in [2.75, 3.05) is 18.4 Å². The van der Waals surface area contributed by atoms with Gasteiger partial charge in [0, 0.05) is 18.8 Å². The SMILES string of the molecule is CC(C)(C)OC(=O)NCCCCCCNc1cccc2c1C(=O)N(C1CCC(O)NC1=O)C2=O. The molecule has 1 aromatic rings. The quantitative estimate of drug-likeness (QED) is 0.318. The van der Waals surface area contributed by atoms with Crippen molar-refractivity contribution in [3.63, 3.8) is 0 Å². The molecule has 1 aromatic carbocycles. The van der Waals surface area contributed by atoms with Crippen LogP contribution in [0.2, 0.25) is 0 Å². The van der Waals surface area contributed by atoms with Gasteiger partial charge in [0.15, 0.2) is 0 Å². The van der Waals surface area contributed by atoms with E-state index in [9.17, 15) is 24.3 Å². The Morgan fingerprint density at radius 2 is 1.79 bits per heavy atom. The molecule has 4 N–H and O–H groups in total. The average Bonchev–Trinajstić information content (AvgIpc) is 3.00. The molecule has 2 atom stereocenters. The molecule has 0 bridgehead atoms. The van der Waals surface area contributed by atoms with Crippen LogP contribution in [-0.2, 0) is 9.53 Å². The van der Waals surface area contributed by atoms with Crippen LogP contribution < -0.4 is 16.0 Å². The van der Waals surface area contributed by atoms with Crippen molar-refractivity contribution in [2.45, 2.75) is 77.2 Å². The van der Waals surface area contributed by atoms with Gasteiger partial charge in [-0.25, -0.2) is 4.79 Å². The first-order chi connectivity index (χ1) is 16.1. The minimum Gasteiger partial charge on any atom is -0.444 e. The van der Waals surface area contributed by atoms with Crippen LogP contribution in [0.25, 0.3) is 0 Å². The van der Waals surface area contributed by atoms with E-state index >= 15 is 0 Å². The largest absolute Gasteiger partial charge is 0.444 e. The number of nitrogens with one attached hydrogen (secondary N) is 3. The van der Waals surface area contributed by atoms with Crippen LogP contribution in [0.5, 0.6) is 0 Å². The van der Waals surface area contributed by atoms with E-state index in [1.807, 2.05) is 20.8 Å². The van der Waals surface area contributed by atoms with E-state index in [0.29, 0.717) is 18.8 Å². The Kier molecular flexibility index (Phi) is 8.14. The van der Waals surface area contributed by atoms with Crippen LogP contribution in [0.4, 0.5) is 10.5 Å². The molecule has 2 aliphatic rings. The van der Waals surface area contributed by atoms with Crippen molar-refractivity contribution in [2.24, 2.45) is 0 Å². The average molecular weight is 475 g/mol. The number of amides is 4. The minimum absolute atomic E-state index is 0.226. The van der Waals surface area contributed by atoms with Gasteiger partial charge < -0.3 is 25.8 Å². The van der Waals surface area contributed by atoms with Crippen molar-refractivity contribution in [1.82, 2.24) is 15.5 Å². The van der Waals surface area contributed by atoms with E-state index in [1.165, 1.54) is 0 Å². The zero-order valence-corrected chi connectivity index (χ0v) is 20.0. The van der Waals surface area contributed by atoms with Gasteiger partial charge >= 0.3 is 6.09 Å². The Morgan fingerprint density at radius 3 is 2.47 bits per heavy atom. The highest BCUT2D eigenvalue weighted by Gasteiger charge is 2.45. The van der Waals surface area contributed by atoms with Crippen LogP contribution in [0.3, 0.4) is 0 Å². The van der Waals surface area contributed by atoms with Gasteiger partial charge in [-0.15, -0.1) is 0 Å². The van der Waals surface area contributed by atoms with Crippen molar-refractivity contribution in [3.05, 3.63) is 29.3 Å². The Morgan fingerprint density at radius 1 is 1.09 bits per heavy atom. The first-order valence-corrected chi connectivity index (χ1v) is 11.8. The number of imide groups is 1. The smallest absolute Gasteiger partial charge is 0.407 e. The monoisotopic (exact) mass is 474 g/mol. The second-order valence-electron chi connectivity index (χ2n) is 9.60. The number of ether oxygens (including phenoxy) is 1. The van der Waals surface area contributed by atoms with E-state index in [4.69, 9.17) is 4.74 Å². The molecule has 0 aliphatic carbocycles. The number of hydrogen-bond acceptors (Lipinski definition) is 7. The number of nitrogens with zero attached hydrogens (tertiary/aromatic N) is 1. The Bertz CT molecular complexity index is 942. The number of fused-ring (bicyclic) bond motifs is 1. The van der Waals surface area contributed by atoms with Crippen LogP contribution in [0.15, 0.2) is 18.2 Å². The number of carbonyl (C=O) groups is 4. The molecule has 0 spiro atoms. The summed E-state index contributed by atoms with van der Waals surface area (Å²) in [6.45, 7) is 6.63. The summed E-state index contributed by atoms with van der Waals surface area (Å²) >= 11 is 0. The molecule has 2 heterocycles. The second kappa shape index (κ2) is 10.9. The normalized spacial score (nSPS) is 20.1. The maximum atomic E-state index is 13.1. The number of alkyl carbamates (subject to hydrolysis) is 1. The maximum absolute atomic E-state index is 13.1. The molecule has 3 rings (SSSR count). The van der Waals surface area contributed by atoms with Crippen molar-refractivity contribution in [1.29, 1.82) is 0 Å². The number of hydrogen-bond donors (Lipinski definition) is 4. The molecular weight excluding hydrogens is 440 g/mol. The fourth-order valence-corrected chi connectivity index (χ4v) is 4.09. The zero-order chi connectivity index (χ0) is 24.9. The summed E-state index contributed by atoms with van der Waals surface area (Å²) in [5, 5.41) is 18.0. The zero-order valence-electron chi connectivity index (χ0n) is 20.0. The van der Waals surface area contributed by atoms with E-state index in [0.717, 1.165) is 30.6 Å². The lowest BCUT2D eigenvalue weighted by Crippen LogP contribution is -2.55. The molecule has 2 unspecified atom stereocenters. The lowest BCUT2D eigenvalue weighted by atomic mass is 10.0. The number of piperidine rings is 1. The minimum atomic E-state index is -0.954. The third-order valence-corrected chi connectivity index (χ3v) is 5.67. The van der Waals surface area contributed by atoms with E-state index < -0.39 is 41.7 Å². The molecular formula is C24H34N4O6. The van der Waals surface area contributed by atoms with Gasteiger partial charge in [-0.3, -0.25) is 19.3 Å². The van der Waals surface area contributed by atoms with Gasteiger partial charge in [0.2, 0.25) is 5.91 Å². The maximum Gasteiger partial charge on any atom is 0.407 e. The van der Waals surface area contributed by atoms with Crippen LogP contribution in [0, 0.1) is 0 Å². The topological polar surface area (TPSA) is 137 Å². The molecule has 10 nitrogen and oxygen atoms in total. The number of aliphatic hydroxyl groups is 1. The first kappa shape index (κ1) is 25.5. The van der Waals surface area contributed by atoms with Gasteiger partial charge in [0.25, 0.3) is 11.8 Å². The summed E-state index contributed by atoms with van der Waals surface area (Å²) in [7, 11) is 0. The molecule has 2 aliphatic heterocycles. The van der Waals surface area contributed by atoms with Gasteiger partial charge in [-0.2, -0.15) is 0 Å². The summed E-state index contributed by atoms with van der Waals surface area (Å²) in [6, 6.07) is 4.14. The Hall–Kier alpha value is -3.14. The molecule has 1 saturated heterocycles. The van der Waals surface area contributed by atoms with Crippen LogP contribution >= 0.6 is 0 Å². The number of anilines is 1. The van der Waals surface area contributed by atoms with Gasteiger partial charge in [-0.1, -0.05) is 18.9 Å².